The van der Waals surface area contributed by atoms with Crippen molar-refractivity contribution in [3.05, 3.63) is 70.3 Å². The Morgan fingerprint density at radius 2 is 1.81 bits per heavy atom. The lowest BCUT2D eigenvalue weighted by atomic mass is 10.1. The Labute approximate surface area is 214 Å². The van der Waals surface area contributed by atoms with E-state index in [0.29, 0.717) is 30.2 Å². The van der Waals surface area contributed by atoms with Crippen molar-refractivity contribution in [3.8, 4) is 17.6 Å². The second kappa shape index (κ2) is 10.6. The van der Waals surface area contributed by atoms with Crippen molar-refractivity contribution in [2.75, 3.05) is 13.2 Å². The molecule has 1 atom stereocenters. The second-order valence-corrected chi connectivity index (χ2v) is 8.86. The van der Waals surface area contributed by atoms with Crippen LogP contribution in [-0.2, 0) is 17.3 Å². The van der Waals surface area contributed by atoms with Crippen LogP contribution in [0.25, 0.3) is 0 Å². The molecule has 0 spiro atoms. The number of benzene rings is 2. The molecule has 1 aliphatic carbocycles. The lowest BCUT2D eigenvalue weighted by Gasteiger charge is -2.22. The van der Waals surface area contributed by atoms with E-state index >= 15 is 0 Å². The fraction of sp³-hybridized carbons (Fsp3) is 0.320. The molecule has 3 aliphatic rings. The molecule has 2 bridgehead atoms. The predicted octanol–water partition coefficient (Wildman–Crippen LogP) is 4.77. The maximum absolute atomic E-state index is 13.4. The number of nitrogens with one attached hydrogen (secondary N) is 2. The fourth-order valence-electron chi connectivity index (χ4n) is 3.51. The maximum Gasteiger partial charge on any atom is 0.416 e. The molecule has 12 heteroatoms. The molecular weight excluding hydrogens is 515 g/mol. The topological polar surface area (TPSA) is 110 Å². The van der Waals surface area contributed by atoms with Crippen LogP contribution in [0.4, 0.5) is 18.0 Å². The molecule has 2 aromatic carbocycles. The quantitative estimate of drug-likeness (QED) is 0.536. The summed E-state index contributed by atoms with van der Waals surface area (Å²) in [5, 5.41) is 14.4. The van der Waals surface area contributed by atoms with Gasteiger partial charge in [0.15, 0.2) is 6.23 Å². The Hall–Kier alpha value is -3.91. The number of hydrogen-bond acceptors (Lipinski definition) is 6. The van der Waals surface area contributed by atoms with Gasteiger partial charge in [0.2, 0.25) is 0 Å². The van der Waals surface area contributed by atoms with Crippen LogP contribution in [0.5, 0.6) is 11.5 Å². The van der Waals surface area contributed by atoms with Crippen molar-refractivity contribution >= 4 is 23.6 Å². The molecule has 2 N–H and O–H groups in total. The molecule has 8 nitrogen and oxygen atoms in total. The van der Waals surface area contributed by atoms with E-state index < -0.39 is 41.1 Å². The van der Waals surface area contributed by atoms with Gasteiger partial charge in [-0.05, 0) is 60.9 Å². The van der Waals surface area contributed by atoms with Crippen LogP contribution < -0.4 is 20.1 Å². The summed E-state index contributed by atoms with van der Waals surface area (Å²) in [5.74, 6) is -0.654. The molecule has 2 aliphatic heterocycles. The second-order valence-electron chi connectivity index (χ2n) is 8.46. The van der Waals surface area contributed by atoms with E-state index in [1.807, 2.05) is 6.07 Å². The van der Waals surface area contributed by atoms with Gasteiger partial charge in [0, 0.05) is 6.42 Å². The third-order valence-corrected chi connectivity index (χ3v) is 5.95. The molecule has 37 heavy (non-hydrogen) atoms. The number of amides is 2. The molecule has 2 aromatic rings. The standard InChI is InChI=1S/C25H21ClF3N3O5/c26-18-11-15-3-5-20(18)36-10-2-1-9-35-19-6-4-16(25(27,28)29)13-17(19)22(33)31-21(12-15)37-23(34)32-24(14-30)7-8-24/h1-6,11,13,21H,7-10,12H2,(H,31,33)(H,32,34)/b2-1+/t21-/m0/s1. The normalized spacial score (nSPS) is 19.8. The van der Waals surface area contributed by atoms with Crippen LogP contribution in [-0.4, -0.2) is 37.0 Å². The van der Waals surface area contributed by atoms with Gasteiger partial charge < -0.3 is 24.8 Å². The van der Waals surface area contributed by atoms with Gasteiger partial charge in [-0.1, -0.05) is 17.7 Å². The van der Waals surface area contributed by atoms with Gasteiger partial charge >= 0.3 is 12.3 Å². The number of nitrogens with zero attached hydrogens (tertiary/aromatic N) is 1. The number of nitriles is 1. The molecule has 0 unspecified atom stereocenters. The predicted molar refractivity (Wildman–Crippen MR) is 125 cm³/mol. The average Bonchev–Trinajstić information content (AvgIpc) is 3.60. The van der Waals surface area contributed by atoms with Crippen molar-refractivity contribution in [2.24, 2.45) is 0 Å². The molecule has 5 rings (SSSR count). The van der Waals surface area contributed by atoms with Crippen LogP contribution in [0.1, 0.15) is 34.3 Å². The van der Waals surface area contributed by atoms with Crippen LogP contribution in [0.3, 0.4) is 0 Å². The lowest BCUT2D eigenvalue weighted by Crippen LogP contribution is -2.45. The number of hydrogen-bond donors (Lipinski definition) is 2. The fourth-order valence-corrected chi connectivity index (χ4v) is 3.77. The smallest absolute Gasteiger partial charge is 0.416 e. The number of rotatable bonds is 2. The highest BCUT2D eigenvalue weighted by Crippen LogP contribution is 2.35. The minimum Gasteiger partial charge on any atom is -0.489 e. The highest BCUT2D eigenvalue weighted by molar-refractivity contribution is 6.32. The number of fused-ring (bicyclic) bond motifs is 9. The molecule has 1 fully saturated rings. The monoisotopic (exact) mass is 535 g/mol. The first-order valence-corrected chi connectivity index (χ1v) is 11.6. The van der Waals surface area contributed by atoms with Gasteiger partial charge in [-0.25, -0.2) is 4.79 Å². The van der Waals surface area contributed by atoms with E-state index in [0.717, 1.165) is 12.1 Å². The van der Waals surface area contributed by atoms with Gasteiger partial charge in [-0.15, -0.1) is 0 Å². The first kappa shape index (κ1) is 26.2. The summed E-state index contributed by atoms with van der Waals surface area (Å²) in [4.78, 5) is 25.6. The number of halogens is 4. The van der Waals surface area contributed by atoms with Crippen LogP contribution >= 0.6 is 11.6 Å². The summed E-state index contributed by atoms with van der Waals surface area (Å²) in [6.45, 7) is 0.0928. The zero-order chi connectivity index (χ0) is 26.6. The maximum atomic E-state index is 13.4. The van der Waals surface area contributed by atoms with Gasteiger partial charge in [0.25, 0.3) is 5.91 Å². The van der Waals surface area contributed by atoms with Crippen molar-refractivity contribution in [1.29, 1.82) is 5.26 Å². The highest BCUT2D eigenvalue weighted by atomic mass is 35.5. The first-order chi connectivity index (χ1) is 17.6. The molecule has 1 saturated carbocycles. The molecule has 194 valence electrons. The van der Waals surface area contributed by atoms with E-state index in [-0.39, 0.29) is 30.4 Å². The zero-order valence-electron chi connectivity index (χ0n) is 19.2. The third kappa shape index (κ3) is 6.65. The molecule has 0 aromatic heterocycles. The SMILES string of the molecule is N#CC1(NC(=O)O[C@H]2Cc3ccc(c(Cl)c3)OC/C=C/COc3ccc(C(F)(F)F)cc3C(=O)N2)CC1. The minimum atomic E-state index is -4.70. The first-order valence-electron chi connectivity index (χ1n) is 11.2. The van der Waals surface area contributed by atoms with E-state index in [4.69, 9.17) is 25.8 Å². The number of ether oxygens (including phenoxy) is 3. The van der Waals surface area contributed by atoms with Crippen LogP contribution in [0.2, 0.25) is 5.02 Å². The molecule has 0 radical (unpaired) electrons. The highest BCUT2D eigenvalue weighted by Gasteiger charge is 2.45. The van der Waals surface area contributed by atoms with Crippen LogP contribution in [0.15, 0.2) is 48.6 Å². The zero-order valence-corrected chi connectivity index (χ0v) is 20.0. The van der Waals surface area contributed by atoms with E-state index in [2.05, 4.69) is 10.6 Å². The van der Waals surface area contributed by atoms with E-state index in [9.17, 15) is 28.0 Å². The largest absolute Gasteiger partial charge is 0.489 e. The van der Waals surface area contributed by atoms with Gasteiger partial charge in [0.05, 0.1) is 22.2 Å². The summed E-state index contributed by atoms with van der Waals surface area (Å²) >= 11 is 6.29. The lowest BCUT2D eigenvalue weighted by molar-refractivity contribution is -0.137. The Bertz CT molecular complexity index is 1270. The number of carbonyl (C=O) groups excluding carboxylic acids is 2. The summed E-state index contributed by atoms with van der Waals surface area (Å²) in [6.07, 6.45) is -2.95. The van der Waals surface area contributed by atoms with Crippen molar-refractivity contribution in [3.63, 3.8) is 0 Å². The van der Waals surface area contributed by atoms with E-state index in [1.165, 1.54) is 0 Å². The Morgan fingerprint density at radius 3 is 2.43 bits per heavy atom. The molecular formula is C25H21ClF3N3O5. The summed E-state index contributed by atoms with van der Waals surface area (Å²) < 4.78 is 56.6. The summed E-state index contributed by atoms with van der Waals surface area (Å²) in [7, 11) is 0. The van der Waals surface area contributed by atoms with E-state index in [1.54, 1.807) is 30.4 Å². The van der Waals surface area contributed by atoms with Crippen molar-refractivity contribution < 1.29 is 37.0 Å². The van der Waals surface area contributed by atoms with Crippen molar-refractivity contribution in [2.45, 2.75) is 37.2 Å². The number of carbonyl (C=O) groups is 2. The van der Waals surface area contributed by atoms with Crippen LogP contribution in [0, 0.1) is 11.3 Å². The molecule has 0 saturated heterocycles. The Morgan fingerprint density at radius 1 is 1.14 bits per heavy atom. The average molecular weight is 536 g/mol. The number of alkyl carbamates (subject to hydrolysis) is 1. The molecule has 2 amide bonds. The van der Waals surface area contributed by atoms with Crippen molar-refractivity contribution in [1.82, 2.24) is 10.6 Å². The van der Waals surface area contributed by atoms with Gasteiger partial charge in [-0.2, -0.15) is 18.4 Å². The van der Waals surface area contributed by atoms with Gasteiger partial charge in [-0.3, -0.25) is 4.79 Å². The summed E-state index contributed by atoms with van der Waals surface area (Å²) in [6, 6.07) is 9.32. The Kier molecular flexibility index (Phi) is 7.50. The van der Waals surface area contributed by atoms with Gasteiger partial charge in [0.1, 0.15) is 30.3 Å². The Balaban J connectivity index is 1.66. The summed E-state index contributed by atoms with van der Waals surface area (Å²) in [5.41, 5.74) is -1.94. The molecule has 2 heterocycles. The number of alkyl halides is 3. The minimum absolute atomic E-state index is 0.0553. The third-order valence-electron chi connectivity index (χ3n) is 5.65.